The summed E-state index contributed by atoms with van der Waals surface area (Å²) in [5.41, 5.74) is 3.50. The van der Waals surface area contributed by atoms with Crippen molar-refractivity contribution in [3.8, 4) is 0 Å². The van der Waals surface area contributed by atoms with Gasteiger partial charge >= 0.3 is 0 Å². The molecule has 20 heavy (non-hydrogen) atoms. The zero-order valence-electron chi connectivity index (χ0n) is 12.9. The van der Waals surface area contributed by atoms with Gasteiger partial charge in [0.15, 0.2) is 5.96 Å². The molecule has 2 N–H and O–H groups in total. The minimum Gasteiger partial charge on any atom is -0.357 e. The highest BCUT2D eigenvalue weighted by Gasteiger charge is 2.18. The molecule has 1 aromatic rings. The van der Waals surface area contributed by atoms with Crippen LogP contribution in [0.25, 0.3) is 0 Å². The largest absolute Gasteiger partial charge is 0.357 e. The first-order valence-corrected chi connectivity index (χ1v) is 7.15. The zero-order valence-corrected chi connectivity index (χ0v) is 15.2. The molecule has 0 amide bonds. The number of halogens is 1. The van der Waals surface area contributed by atoms with Gasteiger partial charge in [-0.1, -0.05) is 0 Å². The van der Waals surface area contributed by atoms with E-state index >= 15 is 0 Å². The predicted molar refractivity (Wildman–Crippen MR) is 93.7 cm³/mol. The molecule has 0 spiro atoms. The Kier molecular flexibility index (Phi) is 6.78. The van der Waals surface area contributed by atoms with Crippen LogP contribution in [-0.2, 0) is 13.6 Å². The van der Waals surface area contributed by atoms with Crippen molar-refractivity contribution in [2.75, 3.05) is 6.54 Å². The lowest BCUT2D eigenvalue weighted by Crippen LogP contribution is -2.46. The average Bonchev–Trinajstić information content (AvgIpc) is 2.55. The van der Waals surface area contributed by atoms with Crippen molar-refractivity contribution in [3.63, 3.8) is 0 Å². The monoisotopic (exact) mass is 391 g/mol. The smallest absolute Gasteiger partial charge is 0.191 e. The van der Waals surface area contributed by atoms with Crippen LogP contribution in [0.1, 0.15) is 43.1 Å². The van der Waals surface area contributed by atoms with Crippen LogP contribution in [0.3, 0.4) is 0 Å². The highest BCUT2D eigenvalue weighted by atomic mass is 127. The lowest BCUT2D eigenvalue weighted by Gasteiger charge is -2.28. The van der Waals surface area contributed by atoms with Crippen LogP contribution in [-0.4, -0.2) is 28.3 Å². The van der Waals surface area contributed by atoms with E-state index < -0.39 is 0 Å². The Labute approximate surface area is 138 Å². The van der Waals surface area contributed by atoms with E-state index in [1.165, 1.54) is 30.5 Å². The third kappa shape index (κ3) is 4.10. The normalized spacial score (nSPS) is 15.5. The summed E-state index contributed by atoms with van der Waals surface area (Å²) >= 11 is 0. The molecule has 1 saturated carbocycles. The molecule has 6 heteroatoms. The first kappa shape index (κ1) is 17.3. The van der Waals surface area contributed by atoms with Gasteiger partial charge in [0.25, 0.3) is 0 Å². The number of hydrogen-bond acceptors (Lipinski definition) is 2. The second kappa shape index (κ2) is 7.85. The summed E-state index contributed by atoms with van der Waals surface area (Å²) in [5, 5.41) is 11.2. The van der Waals surface area contributed by atoms with Crippen LogP contribution in [0, 0.1) is 13.8 Å². The SMILES string of the molecule is CCNC(=NCc1c(C)nn(C)c1C)NC1CCC1.I. The molecule has 1 fully saturated rings. The summed E-state index contributed by atoms with van der Waals surface area (Å²) in [6, 6.07) is 0.605. The summed E-state index contributed by atoms with van der Waals surface area (Å²) in [6.07, 6.45) is 3.85. The molecule has 1 heterocycles. The fourth-order valence-electron chi connectivity index (χ4n) is 2.27. The molecule has 0 bridgehead atoms. The van der Waals surface area contributed by atoms with Crippen LogP contribution >= 0.6 is 24.0 Å². The quantitative estimate of drug-likeness (QED) is 0.471. The van der Waals surface area contributed by atoms with Crippen LogP contribution in [0.2, 0.25) is 0 Å². The Hall–Kier alpha value is -0.790. The average molecular weight is 391 g/mol. The Balaban J connectivity index is 0.00000200. The Morgan fingerprint density at radius 1 is 1.40 bits per heavy atom. The second-order valence-corrected chi connectivity index (χ2v) is 5.24. The third-order valence-corrected chi connectivity index (χ3v) is 3.84. The van der Waals surface area contributed by atoms with Crippen molar-refractivity contribution in [1.82, 2.24) is 20.4 Å². The number of nitrogens with zero attached hydrogens (tertiary/aromatic N) is 3. The molecule has 5 nitrogen and oxygen atoms in total. The molecule has 1 aromatic heterocycles. The lowest BCUT2D eigenvalue weighted by molar-refractivity contribution is 0.380. The van der Waals surface area contributed by atoms with E-state index in [9.17, 15) is 0 Å². The molecule has 0 unspecified atom stereocenters. The van der Waals surface area contributed by atoms with Crippen molar-refractivity contribution in [2.24, 2.45) is 12.0 Å². The fourth-order valence-corrected chi connectivity index (χ4v) is 2.27. The Morgan fingerprint density at radius 2 is 2.10 bits per heavy atom. The van der Waals surface area contributed by atoms with E-state index in [0.29, 0.717) is 12.6 Å². The van der Waals surface area contributed by atoms with E-state index in [2.05, 4.69) is 34.6 Å². The van der Waals surface area contributed by atoms with E-state index in [4.69, 9.17) is 0 Å². The van der Waals surface area contributed by atoms with Crippen molar-refractivity contribution < 1.29 is 0 Å². The summed E-state index contributed by atoms with van der Waals surface area (Å²) in [7, 11) is 1.98. The molecule has 0 radical (unpaired) electrons. The second-order valence-electron chi connectivity index (χ2n) is 5.24. The number of guanidine groups is 1. The molecule has 114 valence electrons. The highest BCUT2D eigenvalue weighted by molar-refractivity contribution is 14.0. The number of aromatic nitrogens is 2. The van der Waals surface area contributed by atoms with E-state index in [-0.39, 0.29) is 24.0 Å². The van der Waals surface area contributed by atoms with Gasteiger partial charge < -0.3 is 10.6 Å². The van der Waals surface area contributed by atoms with Crippen molar-refractivity contribution in [2.45, 2.75) is 52.6 Å². The lowest BCUT2D eigenvalue weighted by atomic mass is 9.93. The topological polar surface area (TPSA) is 54.2 Å². The van der Waals surface area contributed by atoms with Crippen LogP contribution in [0.5, 0.6) is 0 Å². The highest BCUT2D eigenvalue weighted by Crippen LogP contribution is 2.18. The standard InChI is InChI=1S/C14H25N5.HI/c1-5-15-14(17-12-7-6-8-12)16-9-13-10(2)18-19(4)11(13)3;/h12H,5-9H2,1-4H3,(H2,15,16,17);1H. The minimum atomic E-state index is 0. The zero-order chi connectivity index (χ0) is 13.8. The number of aliphatic imine (C=N–C) groups is 1. The van der Waals surface area contributed by atoms with E-state index in [1.54, 1.807) is 0 Å². The molecule has 0 aromatic carbocycles. The van der Waals surface area contributed by atoms with Crippen molar-refractivity contribution in [3.05, 3.63) is 17.0 Å². The number of aryl methyl sites for hydroxylation is 2. The fraction of sp³-hybridized carbons (Fsp3) is 0.714. The Morgan fingerprint density at radius 3 is 2.55 bits per heavy atom. The van der Waals surface area contributed by atoms with Crippen LogP contribution in [0.4, 0.5) is 0 Å². The number of hydrogen-bond donors (Lipinski definition) is 2. The van der Waals surface area contributed by atoms with Crippen LogP contribution in [0.15, 0.2) is 4.99 Å². The van der Waals surface area contributed by atoms with Crippen LogP contribution < -0.4 is 10.6 Å². The summed E-state index contributed by atoms with van der Waals surface area (Å²) in [6.45, 7) is 7.82. The van der Waals surface area contributed by atoms with Gasteiger partial charge in [-0.3, -0.25) is 4.68 Å². The minimum absolute atomic E-state index is 0. The molecular weight excluding hydrogens is 365 g/mol. The van der Waals surface area contributed by atoms with Gasteiger partial charge in [0.1, 0.15) is 0 Å². The molecule has 0 aliphatic heterocycles. The van der Waals surface area contributed by atoms with Gasteiger partial charge in [-0.15, -0.1) is 24.0 Å². The summed E-state index contributed by atoms with van der Waals surface area (Å²) in [5.74, 6) is 0.926. The number of rotatable bonds is 4. The first-order valence-electron chi connectivity index (χ1n) is 7.15. The van der Waals surface area contributed by atoms with Gasteiger partial charge in [-0.05, 0) is 40.0 Å². The molecule has 2 rings (SSSR count). The van der Waals surface area contributed by atoms with Gasteiger partial charge in [-0.25, -0.2) is 4.99 Å². The predicted octanol–water partition coefficient (Wildman–Crippen LogP) is 2.26. The first-order chi connectivity index (χ1) is 9.11. The molecule has 1 aliphatic rings. The number of nitrogens with one attached hydrogen (secondary N) is 2. The molecule has 0 atom stereocenters. The van der Waals surface area contributed by atoms with Crippen molar-refractivity contribution >= 4 is 29.9 Å². The van der Waals surface area contributed by atoms with Gasteiger partial charge in [0, 0.05) is 30.9 Å². The van der Waals surface area contributed by atoms with Gasteiger partial charge in [-0.2, -0.15) is 5.10 Å². The maximum absolute atomic E-state index is 4.68. The van der Waals surface area contributed by atoms with Gasteiger partial charge in [0.05, 0.1) is 12.2 Å². The molecule has 1 aliphatic carbocycles. The molecule has 0 saturated heterocycles. The maximum atomic E-state index is 4.68. The van der Waals surface area contributed by atoms with E-state index in [1.807, 2.05) is 18.7 Å². The van der Waals surface area contributed by atoms with E-state index in [0.717, 1.165) is 18.2 Å². The Bertz CT molecular complexity index is 462. The summed E-state index contributed by atoms with van der Waals surface area (Å²) in [4.78, 5) is 4.68. The van der Waals surface area contributed by atoms with Crippen molar-refractivity contribution in [1.29, 1.82) is 0 Å². The summed E-state index contributed by atoms with van der Waals surface area (Å²) < 4.78 is 1.92. The third-order valence-electron chi connectivity index (χ3n) is 3.84. The van der Waals surface area contributed by atoms with Gasteiger partial charge in [0.2, 0.25) is 0 Å². The maximum Gasteiger partial charge on any atom is 0.191 e. The molecular formula is C14H26IN5.